The van der Waals surface area contributed by atoms with E-state index >= 15 is 0 Å². The molecule has 3 nitrogen and oxygen atoms in total. The Labute approximate surface area is 101 Å². The van der Waals surface area contributed by atoms with Crippen molar-refractivity contribution in [3.63, 3.8) is 0 Å². The third kappa shape index (κ3) is 5.28. The van der Waals surface area contributed by atoms with Gasteiger partial charge in [0.05, 0.1) is 11.4 Å². The topological polar surface area (TPSA) is 54.4 Å². The summed E-state index contributed by atoms with van der Waals surface area (Å²) in [5, 5.41) is 10.0. The maximum atomic E-state index is 13.4. The normalized spacial score (nSPS) is 15.5. The second-order valence-corrected chi connectivity index (χ2v) is 6.90. The molecular formula is C12H17FO3S. The lowest BCUT2D eigenvalue weighted by atomic mass is 9.94. The Bertz CT molecular complexity index is 480. The molecule has 5 heteroatoms. The third-order valence-electron chi connectivity index (χ3n) is 2.54. The Hall–Kier alpha value is -0.940. The summed E-state index contributed by atoms with van der Waals surface area (Å²) in [6.07, 6.45) is 1.32. The van der Waals surface area contributed by atoms with E-state index in [4.69, 9.17) is 0 Å². The van der Waals surface area contributed by atoms with E-state index in [0.717, 1.165) is 6.26 Å². The Morgan fingerprint density at radius 3 is 2.47 bits per heavy atom. The molecular weight excluding hydrogens is 243 g/mol. The second-order valence-electron chi connectivity index (χ2n) is 4.65. The van der Waals surface area contributed by atoms with E-state index < -0.39 is 15.4 Å². The number of aliphatic hydroxyl groups is 1. The number of rotatable bonds is 5. The summed E-state index contributed by atoms with van der Waals surface area (Å²) < 4.78 is 35.4. The zero-order valence-electron chi connectivity index (χ0n) is 9.98. The summed E-state index contributed by atoms with van der Waals surface area (Å²) >= 11 is 0. The highest BCUT2D eigenvalue weighted by Gasteiger charge is 2.24. The quantitative estimate of drug-likeness (QED) is 0.874. The molecule has 1 aromatic rings. The maximum absolute atomic E-state index is 13.4. The van der Waals surface area contributed by atoms with Gasteiger partial charge in [-0.25, -0.2) is 12.8 Å². The highest BCUT2D eigenvalue weighted by Crippen LogP contribution is 2.19. The standard InChI is InChI=1S/C12H17FO3S/c1-12(14,7-8-17(2,15)16)9-10-5-3-4-6-11(10)13/h3-6,14H,7-9H2,1-2H3. The number of benzene rings is 1. The molecule has 1 aromatic carbocycles. The maximum Gasteiger partial charge on any atom is 0.147 e. The molecule has 17 heavy (non-hydrogen) atoms. The second kappa shape index (κ2) is 5.14. The first-order chi connectivity index (χ1) is 7.70. The molecule has 0 aromatic heterocycles. The van der Waals surface area contributed by atoms with Crippen molar-refractivity contribution in [2.45, 2.75) is 25.4 Å². The lowest BCUT2D eigenvalue weighted by Gasteiger charge is -2.23. The van der Waals surface area contributed by atoms with Gasteiger partial charge in [-0.3, -0.25) is 0 Å². The summed E-state index contributed by atoms with van der Waals surface area (Å²) in [4.78, 5) is 0. The lowest BCUT2D eigenvalue weighted by molar-refractivity contribution is 0.0563. The molecule has 0 aliphatic heterocycles. The van der Waals surface area contributed by atoms with Crippen LogP contribution in [0.1, 0.15) is 18.9 Å². The highest BCUT2D eigenvalue weighted by atomic mass is 32.2. The van der Waals surface area contributed by atoms with Gasteiger partial charge in [-0.05, 0) is 25.0 Å². The van der Waals surface area contributed by atoms with Crippen LogP contribution >= 0.6 is 0 Å². The smallest absolute Gasteiger partial charge is 0.147 e. The molecule has 96 valence electrons. The molecule has 0 saturated heterocycles. The minimum Gasteiger partial charge on any atom is -0.390 e. The highest BCUT2D eigenvalue weighted by molar-refractivity contribution is 7.90. The molecule has 1 unspecified atom stereocenters. The van der Waals surface area contributed by atoms with Crippen LogP contribution in [0.15, 0.2) is 24.3 Å². The molecule has 0 amide bonds. The van der Waals surface area contributed by atoms with Crippen molar-refractivity contribution in [2.24, 2.45) is 0 Å². The van der Waals surface area contributed by atoms with Crippen LogP contribution in [0.5, 0.6) is 0 Å². The molecule has 0 radical (unpaired) electrons. The predicted molar refractivity (Wildman–Crippen MR) is 65.1 cm³/mol. The van der Waals surface area contributed by atoms with Crippen molar-refractivity contribution in [3.8, 4) is 0 Å². The van der Waals surface area contributed by atoms with Crippen LogP contribution in [-0.2, 0) is 16.3 Å². The lowest BCUT2D eigenvalue weighted by Crippen LogP contribution is -2.30. The van der Waals surface area contributed by atoms with Crippen LogP contribution in [0.2, 0.25) is 0 Å². The molecule has 1 atom stereocenters. The van der Waals surface area contributed by atoms with Gasteiger partial charge in [0.15, 0.2) is 0 Å². The third-order valence-corrected chi connectivity index (χ3v) is 3.49. The zero-order valence-corrected chi connectivity index (χ0v) is 10.8. The summed E-state index contributed by atoms with van der Waals surface area (Å²) in [7, 11) is -3.11. The molecule has 1 N–H and O–H groups in total. The summed E-state index contributed by atoms with van der Waals surface area (Å²) in [5.41, 5.74) is -0.823. The fourth-order valence-corrected chi connectivity index (χ4v) is 2.36. The molecule has 0 fully saturated rings. The Balaban J connectivity index is 2.70. The van der Waals surface area contributed by atoms with Gasteiger partial charge in [-0.15, -0.1) is 0 Å². The van der Waals surface area contributed by atoms with E-state index in [-0.39, 0.29) is 24.4 Å². The molecule has 0 aliphatic carbocycles. The molecule has 0 aliphatic rings. The number of sulfone groups is 1. The largest absolute Gasteiger partial charge is 0.390 e. The molecule has 0 spiro atoms. The number of halogens is 1. The van der Waals surface area contributed by atoms with Crippen LogP contribution in [0.4, 0.5) is 4.39 Å². The monoisotopic (exact) mass is 260 g/mol. The van der Waals surface area contributed by atoms with Gasteiger partial charge in [-0.1, -0.05) is 18.2 Å². The first-order valence-corrected chi connectivity index (χ1v) is 7.39. The van der Waals surface area contributed by atoms with Crippen LogP contribution in [-0.4, -0.2) is 31.1 Å². The Morgan fingerprint density at radius 2 is 1.94 bits per heavy atom. The van der Waals surface area contributed by atoms with E-state index in [1.54, 1.807) is 18.2 Å². The van der Waals surface area contributed by atoms with Gasteiger partial charge in [0.25, 0.3) is 0 Å². The first kappa shape index (κ1) is 14.1. The Kier molecular flexibility index (Phi) is 4.27. The fourth-order valence-electron chi connectivity index (χ4n) is 1.55. The Morgan fingerprint density at radius 1 is 1.35 bits per heavy atom. The SMILES string of the molecule is CC(O)(CCS(C)(=O)=O)Cc1ccccc1F. The average Bonchev–Trinajstić information content (AvgIpc) is 2.18. The van der Waals surface area contributed by atoms with Gasteiger partial charge < -0.3 is 5.11 Å². The number of hydrogen-bond acceptors (Lipinski definition) is 3. The van der Waals surface area contributed by atoms with Gasteiger partial charge in [0, 0.05) is 12.7 Å². The van der Waals surface area contributed by atoms with Crippen molar-refractivity contribution in [1.82, 2.24) is 0 Å². The molecule has 0 saturated carbocycles. The van der Waals surface area contributed by atoms with E-state index in [2.05, 4.69) is 0 Å². The summed E-state index contributed by atoms with van der Waals surface area (Å²) in [5.74, 6) is -0.485. The van der Waals surface area contributed by atoms with Gasteiger partial charge in [-0.2, -0.15) is 0 Å². The van der Waals surface area contributed by atoms with Crippen molar-refractivity contribution in [3.05, 3.63) is 35.6 Å². The number of hydrogen-bond donors (Lipinski definition) is 1. The van der Waals surface area contributed by atoms with Crippen LogP contribution in [0.3, 0.4) is 0 Å². The van der Waals surface area contributed by atoms with Crippen LogP contribution in [0, 0.1) is 5.82 Å². The van der Waals surface area contributed by atoms with Crippen molar-refractivity contribution >= 4 is 9.84 Å². The first-order valence-electron chi connectivity index (χ1n) is 5.33. The average molecular weight is 260 g/mol. The predicted octanol–water partition coefficient (Wildman–Crippen LogP) is 1.55. The molecule has 0 bridgehead atoms. The van der Waals surface area contributed by atoms with Crippen molar-refractivity contribution < 1.29 is 17.9 Å². The van der Waals surface area contributed by atoms with Crippen LogP contribution in [0.25, 0.3) is 0 Å². The fraction of sp³-hybridized carbons (Fsp3) is 0.500. The van der Waals surface area contributed by atoms with Crippen molar-refractivity contribution in [2.75, 3.05) is 12.0 Å². The van der Waals surface area contributed by atoms with E-state index in [1.807, 2.05) is 0 Å². The molecule has 1 rings (SSSR count). The molecule has 0 heterocycles. The summed E-state index contributed by atoms with van der Waals surface area (Å²) in [6, 6.07) is 6.17. The van der Waals surface area contributed by atoms with Gasteiger partial charge in [0.2, 0.25) is 0 Å². The van der Waals surface area contributed by atoms with E-state index in [0.29, 0.717) is 5.56 Å². The van der Waals surface area contributed by atoms with Crippen LogP contribution < -0.4 is 0 Å². The van der Waals surface area contributed by atoms with Gasteiger partial charge in [0.1, 0.15) is 15.7 Å². The summed E-state index contributed by atoms with van der Waals surface area (Å²) in [6.45, 7) is 1.52. The minimum atomic E-state index is -3.11. The van der Waals surface area contributed by atoms with E-state index in [9.17, 15) is 17.9 Å². The zero-order chi connectivity index (χ0) is 13.1. The van der Waals surface area contributed by atoms with Gasteiger partial charge >= 0.3 is 0 Å². The van der Waals surface area contributed by atoms with Crippen molar-refractivity contribution in [1.29, 1.82) is 0 Å². The van der Waals surface area contributed by atoms with E-state index in [1.165, 1.54) is 13.0 Å². The minimum absolute atomic E-state index is 0.0974.